The molecule has 1 amide bonds. The molecule has 0 aromatic heterocycles. The standard InChI is InChI=1S/C15H20BrClFN3OS/c1-4-15(22)21-8-12(9-21)19-11(3)23-20-10(2)5-6-14(17)13(16)7-18/h4,6-7,11-12,19H,1,5,8-9H2,2-3H3/b13-7-,14-6+,20-10?. The minimum Gasteiger partial charge on any atom is -0.336 e. The van der Waals surface area contributed by atoms with Crippen LogP contribution in [0.15, 0.2) is 39.0 Å². The van der Waals surface area contributed by atoms with E-state index in [9.17, 15) is 9.18 Å². The molecule has 0 aliphatic carbocycles. The van der Waals surface area contributed by atoms with Crippen LogP contribution in [0, 0.1) is 0 Å². The van der Waals surface area contributed by atoms with Crippen LogP contribution in [-0.2, 0) is 4.79 Å². The topological polar surface area (TPSA) is 44.7 Å². The third-order valence-corrected chi connectivity index (χ3v) is 5.16. The predicted octanol–water partition coefficient (Wildman–Crippen LogP) is 4.15. The van der Waals surface area contributed by atoms with E-state index in [-0.39, 0.29) is 21.8 Å². The van der Waals surface area contributed by atoms with Crippen LogP contribution in [0.5, 0.6) is 0 Å². The Balaban J connectivity index is 2.31. The lowest BCUT2D eigenvalue weighted by atomic mass is 10.1. The lowest BCUT2D eigenvalue weighted by molar-refractivity contribution is -0.130. The fourth-order valence-electron chi connectivity index (χ4n) is 1.85. The van der Waals surface area contributed by atoms with E-state index >= 15 is 0 Å². The average molecular weight is 425 g/mol. The summed E-state index contributed by atoms with van der Waals surface area (Å²) in [5.74, 6) is -0.0330. The van der Waals surface area contributed by atoms with Gasteiger partial charge in [-0.25, -0.2) is 8.79 Å². The van der Waals surface area contributed by atoms with Gasteiger partial charge >= 0.3 is 0 Å². The molecular weight excluding hydrogens is 405 g/mol. The van der Waals surface area contributed by atoms with Crippen LogP contribution < -0.4 is 5.32 Å². The number of nitrogens with one attached hydrogen (secondary N) is 1. The van der Waals surface area contributed by atoms with Crippen LogP contribution in [0.4, 0.5) is 4.39 Å². The fourth-order valence-corrected chi connectivity index (χ4v) is 2.79. The first-order chi connectivity index (χ1) is 10.9. The number of amides is 1. The van der Waals surface area contributed by atoms with Gasteiger partial charge in [0.15, 0.2) is 0 Å². The molecule has 0 spiro atoms. The van der Waals surface area contributed by atoms with Gasteiger partial charge in [0.1, 0.15) is 6.33 Å². The highest BCUT2D eigenvalue weighted by Crippen LogP contribution is 2.22. The average Bonchev–Trinajstić information content (AvgIpc) is 2.51. The van der Waals surface area contributed by atoms with Gasteiger partial charge in [0, 0.05) is 31.3 Å². The van der Waals surface area contributed by atoms with E-state index in [0.717, 1.165) is 5.71 Å². The Kier molecular flexibility index (Phi) is 9.12. The number of allylic oxidation sites excluding steroid dienone is 3. The van der Waals surface area contributed by atoms with Gasteiger partial charge in [-0.05, 0) is 47.8 Å². The Bertz CT molecular complexity index is 533. The number of likely N-dealkylation sites (tertiary alicyclic amines) is 1. The van der Waals surface area contributed by atoms with Crippen LogP contribution in [0.25, 0.3) is 0 Å². The van der Waals surface area contributed by atoms with Crippen molar-refractivity contribution in [2.75, 3.05) is 13.1 Å². The summed E-state index contributed by atoms with van der Waals surface area (Å²) in [5.41, 5.74) is 0.887. The first-order valence-electron chi connectivity index (χ1n) is 7.06. The molecule has 1 aliphatic rings. The normalized spacial score (nSPS) is 18.7. The number of hydrogen-bond acceptors (Lipinski definition) is 4. The van der Waals surface area contributed by atoms with Crippen LogP contribution >= 0.6 is 39.5 Å². The Morgan fingerprint density at radius 1 is 1.65 bits per heavy atom. The molecule has 1 heterocycles. The maximum Gasteiger partial charge on any atom is 0.246 e. The lowest BCUT2D eigenvalue weighted by Gasteiger charge is -2.40. The highest BCUT2D eigenvalue weighted by Gasteiger charge is 2.29. The van der Waals surface area contributed by atoms with Crippen molar-refractivity contribution in [3.8, 4) is 0 Å². The molecule has 128 valence electrons. The van der Waals surface area contributed by atoms with Gasteiger partial charge in [-0.15, -0.1) is 0 Å². The van der Waals surface area contributed by atoms with Crippen molar-refractivity contribution in [3.63, 3.8) is 0 Å². The molecule has 0 radical (unpaired) electrons. The van der Waals surface area contributed by atoms with Crippen molar-refractivity contribution in [2.24, 2.45) is 4.40 Å². The monoisotopic (exact) mass is 423 g/mol. The summed E-state index contributed by atoms with van der Waals surface area (Å²) < 4.78 is 16.9. The zero-order valence-corrected chi connectivity index (χ0v) is 16.2. The summed E-state index contributed by atoms with van der Waals surface area (Å²) in [7, 11) is 0. The second-order valence-corrected chi connectivity index (χ2v) is 7.46. The quantitative estimate of drug-likeness (QED) is 0.209. The maximum absolute atomic E-state index is 12.3. The summed E-state index contributed by atoms with van der Waals surface area (Å²) in [6, 6.07) is 0.289. The molecule has 1 rings (SSSR count). The number of rotatable bonds is 8. The molecule has 0 saturated carbocycles. The molecular formula is C15H20BrClFN3OS. The van der Waals surface area contributed by atoms with Crippen molar-refractivity contribution >= 4 is 51.1 Å². The predicted molar refractivity (Wildman–Crippen MR) is 101 cm³/mol. The highest BCUT2D eigenvalue weighted by molar-refractivity contribution is 9.12. The fraction of sp³-hybridized carbons (Fsp3) is 0.467. The largest absolute Gasteiger partial charge is 0.336 e. The molecule has 8 heteroatoms. The van der Waals surface area contributed by atoms with E-state index in [2.05, 4.69) is 32.2 Å². The molecule has 4 nitrogen and oxygen atoms in total. The molecule has 1 atom stereocenters. The van der Waals surface area contributed by atoms with Gasteiger partial charge in [0.2, 0.25) is 5.91 Å². The molecule has 0 bridgehead atoms. The third-order valence-electron chi connectivity index (χ3n) is 3.11. The van der Waals surface area contributed by atoms with Gasteiger partial charge in [0.25, 0.3) is 0 Å². The molecule has 23 heavy (non-hydrogen) atoms. The highest BCUT2D eigenvalue weighted by atomic mass is 79.9. The first kappa shape index (κ1) is 20.4. The van der Waals surface area contributed by atoms with Gasteiger partial charge in [-0.2, -0.15) is 0 Å². The van der Waals surface area contributed by atoms with E-state index in [1.807, 2.05) is 13.8 Å². The Morgan fingerprint density at radius 2 is 2.30 bits per heavy atom. The summed E-state index contributed by atoms with van der Waals surface area (Å²) in [5, 5.41) is 3.84. The summed E-state index contributed by atoms with van der Waals surface area (Å²) >= 11 is 10.3. The van der Waals surface area contributed by atoms with Gasteiger partial charge in [0.05, 0.1) is 14.9 Å². The zero-order valence-electron chi connectivity index (χ0n) is 13.1. The zero-order chi connectivity index (χ0) is 17.4. The molecule has 1 saturated heterocycles. The van der Waals surface area contributed by atoms with Crippen molar-refractivity contribution < 1.29 is 9.18 Å². The number of carbonyl (C=O) groups excluding carboxylic acids is 1. The van der Waals surface area contributed by atoms with Gasteiger partial charge in [-0.1, -0.05) is 24.3 Å². The second kappa shape index (κ2) is 10.3. The Labute approximate surface area is 154 Å². The number of nitrogens with zero attached hydrogens (tertiary/aromatic N) is 2. The smallest absolute Gasteiger partial charge is 0.246 e. The van der Waals surface area contributed by atoms with Crippen molar-refractivity contribution in [1.82, 2.24) is 10.2 Å². The third kappa shape index (κ3) is 7.20. The summed E-state index contributed by atoms with van der Waals surface area (Å²) in [4.78, 5) is 13.1. The van der Waals surface area contributed by atoms with E-state index in [4.69, 9.17) is 11.6 Å². The molecule has 0 aromatic rings. The van der Waals surface area contributed by atoms with E-state index in [0.29, 0.717) is 30.9 Å². The van der Waals surface area contributed by atoms with Crippen LogP contribution in [0.3, 0.4) is 0 Å². The molecule has 1 unspecified atom stereocenters. The van der Waals surface area contributed by atoms with E-state index < -0.39 is 0 Å². The van der Waals surface area contributed by atoms with Crippen LogP contribution in [-0.4, -0.2) is 41.0 Å². The Hall–Kier alpha value is -0.630. The van der Waals surface area contributed by atoms with Gasteiger partial charge in [-0.3, -0.25) is 10.1 Å². The molecule has 1 aliphatic heterocycles. The van der Waals surface area contributed by atoms with E-state index in [1.54, 1.807) is 11.0 Å². The number of hydrogen-bond donors (Lipinski definition) is 1. The van der Waals surface area contributed by atoms with Crippen molar-refractivity contribution in [1.29, 1.82) is 0 Å². The minimum atomic E-state index is -0.0330. The lowest BCUT2D eigenvalue weighted by Crippen LogP contribution is -2.60. The number of halogens is 3. The Morgan fingerprint density at radius 3 is 2.87 bits per heavy atom. The maximum atomic E-state index is 12.3. The van der Waals surface area contributed by atoms with E-state index in [1.165, 1.54) is 18.0 Å². The SMILES string of the molecule is C=CC(=O)N1CC(NC(C)SN=C(C)C/C=C(Cl)\C(Br)=C\F)C1. The van der Waals surface area contributed by atoms with Crippen LogP contribution in [0.1, 0.15) is 20.3 Å². The molecule has 1 fully saturated rings. The second-order valence-electron chi connectivity index (χ2n) is 5.10. The van der Waals surface area contributed by atoms with Crippen LogP contribution in [0.2, 0.25) is 0 Å². The van der Waals surface area contributed by atoms with Crippen molar-refractivity contribution in [2.45, 2.75) is 31.7 Å². The van der Waals surface area contributed by atoms with Gasteiger partial charge < -0.3 is 4.90 Å². The van der Waals surface area contributed by atoms with Crippen molar-refractivity contribution in [3.05, 3.63) is 34.6 Å². The first-order valence-corrected chi connectivity index (χ1v) is 9.06. The summed E-state index contributed by atoms with van der Waals surface area (Å²) in [6.45, 7) is 8.77. The number of carbonyl (C=O) groups is 1. The summed E-state index contributed by atoms with van der Waals surface area (Å²) in [6.07, 6.45) is 3.98. The minimum absolute atomic E-state index is 0.0330. The molecule has 1 N–H and O–H groups in total. The molecule has 0 aromatic carbocycles.